The summed E-state index contributed by atoms with van der Waals surface area (Å²) >= 11 is 6.27. The van der Waals surface area contributed by atoms with Gasteiger partial charge in [0.1, 0.15) is 12.4 Å². The summed E-state index contributed by atoms with van der Waals surface area (Å²) in [6, 6.07) is 6.19. The Hall–Kier alpha value is -1.52. The lowest BCUT2D eigenvalue weighted by molar-refractivity contribution is 0.289. The summed E-state index contributed by atoms with van der Waals surface area (Å²) < 4.78 is 7.82. The molecule has 0 bridgehead atoms. The quantitative estimate of drug-likeness (QED) is 0.889. The third kappa shape index (κ3) is 3.57. The van der Waals surface area contributed by atoms with Crippen molar-refractivity contribution in [1.82, 2.24) is 15.1 Å². The Labute approximate surface area is 131 Å². The number of aromatic nitrogens is 2. The fraction of sp³-hybridized carbons (Fsp3) is 0.438. The van der Waals surface area contributed by atoms with E-state index in [-0.39, 0.29) is 0 Å². The van der Waals surface area contributed by atoms with E-state index < -0.39 is 0 Å². The third-order valence-corrected chi connectivity index (χ3v) is 3.97. The van der Waals surface area contributed by atoms with Crippen molar-refractivity contribution in [3.8, 4) is 5.75 Å². The number of hydrogen-bond donors (Lipinski definition) is 1. The maximum atomic E-state index is 6.27. The van der Waals surface area contributed by atoms with Gasteiger partial charge >= 0.3 is 0 Å². The summed E-state index contributed by atoms with van der Waals surface area (Å²) in [6.45, 7) is 8.19. The Kier molecular flexibility index (Phi) is 5.26. The number of halogens is 1. The lowest BCUT2D eigenvalue weighted by Crippen LogP contribution is -2.13. The highest BCUT2D eigenvalue weighted by atomic mass is 35.5. The number of rotatable bonds is 6. The maximum Gasteiger partial charge on any atom is 0.131 e. The average Bonchev–Trinajstić information content (AvgIpc) is 2.69. The fourth-order valence-corrected chi connectivity index (χ4v) is 2.51. The first-order valence-corrected chi connectivity index (χ1v) is 7.52. The maximum absolute atomic E-state index is 6.27. The van der Waals surface area contributed by atoms with E-state index in [1.807, 2.05) is 14.0 Å². The van der Waals surface area contributed by atoms with Gasteiger partial charge in [-0.2, -0.15) is 5.10 Å². The van der Waals surface area contributed by atoms with Crippen molar-refractivity contribution in [2.24, 2.45) is 7.05 Å². The molecule has 0 atom stereocenters. The molecule has 0 radical (unpaired) electrons. The van der Waals surface area contributed by atoms with Crippen LogP contribution in [0.2, 0.25) is 5.02 Å². The summed E-state index contributed by atoms with van der Waals surface area (Å²) in [5, 5.41) is 8.32. The molecule has 0 aliphatic rings. The van der Waals surface area contributed by atoms with Crippen molar-refractivity contribution >= 4 is 11.6 Å². The highest BCUT2D eigenvalue weighted by Gasteiger charge is 2.13. The summed E-state index contributed by atoms with van der Waals surface area (Å²) in [5.74, 6) is 0.924. The van der Waals surface area contributed by atoms with Crippen LogP contribution >= 0.6 is 11.6 Å². The van der Waals surface area contributed by atoms with Crippen molar-refractivity contribution in [3.05, 3.63) is 45.7 Å². The van der Waals surface area contributed by atoms with Crippen molar-refractivity contribution in [2.45, 2.75) is 33.9 Å². The van der Waals surface area contributed by atoms with Crippen molar-refractivity contribution in [3.63, 3.8) is 0 Å². The minimum Gasteiger partial charge on any atom is -0.487 e. The van der Waals surface area contributed by atoms with Crippen LogP contribution in [0.15, 0.2) is 18.2 Å². The fourth-order valence-electron chi connectivity index (χ4n) is 2.30. The molecule has 2 rings (SSSR count). The molecule has 0 spiro atoms. The highest BCUT2D eigenvalue weighted by Crippen LogP contribution is 2.26. The number of hydrogen-bond acceptors (Lipinski definition) is 3. The molecule has 0 saturated carbocycles. The largest absolute Gasteiger partial charge is 0.487 e. The monoisotopic (exact) mass is 307 g/mol. The van der Waals surface area contributed by atoms with E-state index in [0.29, 0.717) is 11.6 Å². The molecule has 4 nitrogen and oxygen atoms in total. The van der Waals surface area contributed by atoms with E-state index in [0.717, 1.165) is 41.4 Å². The highest BCUT2D eigenvalue weighted by molar-refractivity contribution is 6.31. The first-order chi connectivity index (χ1) is 10.0. The molecule has 114 valence electrons. The van der Waals surface area contributed by atoms with Gasteiger partial charge in [-0.25, -0.2) is 0 Å². The molecular weight excluding hydrogens is 286 g/mol. The zero-order chi connectivity index (χ0) is 15.4. The van der Waals surface area contributed by atoms with Crippen LogP contribution in [-0.2, 0) is 20.2 Å². The molecule has 1 N–H and O–H groups in total. The van der Waals surface area contributed by atoms with Crippen molar-refractivity contribution in [2.75, 3.05) is 6.54 Å². The molecule has 0 aliphatic carbocycles. The van der Waals surface area contributed by atoms with E-state index in [9.17, 15) is 0 Å². The van der Waals surface area contributed by atoms with Gasteiger partial charge in [-0.15, -0.1) is 0 Å². The number of aryl methyl sites for hydroxylation is 3. The third-order valence-electron chi connectivity index (χ3n) is 3.47. The van der Waals surface area contributed by atoms with Crippen molar-refractivity contribution in [1.29, 1.82) is 0 Å². The van der Waals surface area contributed by atoms with Gasteiger partial charge < -0.3 is 10.1 Å². The van der Waals surface area contributed by atoms with Crippen LogP contribution in [0, 0.1) is 13.8 Å². The van der Waals surface area contributed by atoms with E-state index in [1.54, 1.807) is 4.68 Å². The van der Waals surface area contributed by atoms with Crippen LogP contribution in [-0.4, -0.2) is 16.3 Å². The Morgan fingerprint density at radius 3 is 2.71 bits per heavy atom. The number of para-hydroxylation sites is 1. The molecule has 0 fully saturated rings. The van der Waals surface area contributed by atoms with E-state index in [2.05, 4.69) is 42.5 Å². The summed E-state index contributed by atoms with van der Waals surface area (Å²) in [4.78, 5) is 0. The van der Waals surface area contributed by atoms with Crippen LogP contribution < -0.4 is 10.1 Å². The van der Waals surface area contributed by atoms with Gasteiger partial charge in [0.2, 0.25) is 0 Å². The van der Waals surface area contributed by atoms with E-state index >= 15 is 0 Å². The zero-order valence-corrected chi connectivity index (χ0v) is 13.8. The smallest absolute Gasteiger partial charge is 0.131 e. The number of nitrogens with one attached hydrogen (secondary N) is 1. The first kappa shape index (κ1) is 15.9. The van der Waals surface area contributed by atoms with Gasteiger partial charge in [-0.3, -0.25) is 4.68 Å². The predicted molar refractivity (Wildman–Crippen MR) is 85.8 cm³/mol. The van der Waals surface area contributed by atoms with Crippen LogP contribution in [0.5, 0.6) is 5.75 Å². The summed E-state index contributed by atoms with van der Waals surface area (Å²) in [5.41, 5.74) is 4.01. The molecule has 0 unspecified atom stereocenters. The second-order valence-corrected chi connectivity index (χ2v) is 5.48. The summed E-state index contributed by atoms with van der Waals surface area (Å²) in [7, 11) is 1.88. The van der Waals surface area contributed by atoms with Crippen LogP contribution in [0.4, 0.5) is 0 Å². The molecule has 0 saturated heterocycles. The normalized spacial score (nSPS) is 10.9. The standard InChI is InChI=1S/C16H22ClN3O/c1-5-18-9-13-8-6-7-11(2)16(13)21-10-14-15(17)12(3)19-20(14)4/h6-8,18H,5,9-10H2,1-4H3. The Morgan fingerprint density at radius 2 is 2.10 bits per heavy atom. The minimum absolute atomic E-state index is 0.417. The predicted octanol–water partition coefficient (Wildman–Crippen LogP) is 3.38. The average molecular weight is 308 g/mol. The second-order valence-electron chi connectivity index (χ2n) is 5.10. The lowest BCUT2D eigenvalue weighted by Gasteiger charge is -2.14. The molecular formula is C16H22ClN3O. The molecule has 1 aromatic carbocycles. The van der Waals surface area contributed by atoms with E-state index in [4.69, 9.17) is 16.3 Å². The molecule has 5 heteroatoms. The van der Waals surface area contributed by atoms with Crippen LogP contribution in [0.25, 0.3) is 0 Å². The van der Waals surface area contributed by atoms with Crippen LogP contribution in [0.1, 0.15) is 29.4 Å². The molecule has 0 aliphatic heterocycles. The number of nitrogens with zero attached hydrogens (tertiary/aromatic N) is 2. The van der Waals surface area contributed by atoms with Gasteiger partial charge in [0, 0.05) is 19.2 Å². The van der Waals surface area contributed by atoms with Crippen LogP contribution in [0.3, 0.4) is 0 Å². The van der Waals surface area contributed by atoms with Gasteiger partial charge in [-0.1, -0.05) is 36.7 Å². The van der Waals surface area contributed by atoms with Gasteiger partial charge in [0.05, 0.1) is 16.4 Å². The number of benzene rings is 1. The Bertz CT molecular complexity index is 622. The SMILES string of the molecule is CCNCc1cccc(C)c1OCc1c(Cl)c(C)nn1C. The molecule has 0 amide bonds. The minimum atomic E-state index is 0.417. The topological polar surface area (TPSA) is 39.1 Å². The summed E-state index contributed by atoms with van der Waals surface area (Å²) in [6.07, 6.45) is 0. The molecule has 1 heterocycles. The Balaban J connectivity index is 2.19. The van der Waals surface area contributed by atoms with Gasteiger partial charge in [0.25, 0.3) is 0 Å². The lowest BCUT2D eigenvalue weighted by atomic mass is 10.1. The molecule has 21 heavy (non-hydrogen) atoms. The van der Waals surface area contributed by atoms with E-state index in [1.165, 1.54) is 0 Å². The van der Waals surface area contributed by atoms with Gasteiger partial charge in [0.15, 0.2) is 0 Å². The van der Waals surface area contributed by atoms with Gasteiger partial charge in [-0.05, 0) is 26.0 Å². The number of ether oxygens (including phenoxy) is 1. The molecule has 1 aromatic heterocycles. The first-order valence-electron chi connectivity index (χ1n) is 7.14. The molecule has 2 aromatic rings. The Morgan fingerprint density at radius 1 is 1.33 bits per heavy atom. The second kappa shape index (κ2) is 6.96. The zero-order valence-electron chi connectivity index (χ0n) is 13.0. The van der Waals surface area contributed by atoms with Crippen molar-refractivity contribution < 1.29 is 4.74 Å².